The predicted octanol–water partition coefficient (Wildman–Crippen LogP) is 5.33. The molecule has 0 aliphatic carbocycles. The molecule has 80 valence electrons. The molecule has 0 rings (SSSR count). The highest BCUT2D eigenvalue weighted by atomic mass is 32.0. The van der Waals surface area contributed by atoms with Gasteiger partial charge in [0.15, 0.2) is 0 Å². The summed E-state index contributed by atoms with van der Waals surface area (Å²) in [6.45, 7) is 18.9. The van der Waals surface area contributed by atoms with Crippen LogP contribution in [0.25, 0.3) is 0 Å². The third kappa shape index (κ3) is 6.03. The predicted molar refractivity (Wildman–Crippen MR) is 68.5 cm³/mol. The van der Waals surface area contributed by atoms with Gasteiger partial charge >= 0.3 is 0 Å². The van der Waals surface area contributed by atoms with Gasteiger partial charge in [-0.2, -0.15) is 5.16 Å². The maximum atomic E-state index is 2.39. The Hall–Kier alpha value is 0.860. The lowest BCUT2D eigenvalue weighted by Crippen LogP contribution is -2.17. The molecule has 0 aromatic carbocycles. The fraction of sp³-hybridized carbons (Fsp3) is 1.00. The van der Waals surface area contributed by atoms with Crippen molar-refractivity contribution in [1.29, 1.82) is 0 Å². The van der Waals surface area contributed by atoms with Gasteiger partial charge in [-0.15, -0.1) is 0 Å². The van der Waals surface area contributed by atoms with Crippen LogP contribution in [-0.2, 0) is 0 Å². The summed E-state index contributed by atoms with van der Waals surface area (Å²) in [5.41, 5.74) is 0.843. The molecule has 0 aliphatic heterocycles. The standard InChI is InChI=1S/C11H25P2/c1-9(2)13(11(6,7)8)12-10(3,4)5/h9H,1-8H3/q-1. The summed E-state index contributed by atoms with van der Waals surface area (Å²) in [4.78, 5) is 0. The van der Waals surface area contributed by atoms with E-state index in [1.807, 2.05) is 0 Å². The molecule has 1 atom stereocenters. The lowest BCUT2D eigenvalue weighted by atomic mass is 10.3. The van der Waals surface area contributed by atoms with E-state index in [9.17, 15) is 0 Å². The Labute approximate surface area is 87.7 Å². The number of rotatable bonds is 2. The van der Waals surface area contributed by atoms with Crippen LogP contribution in [0.5, 0.6) is 0 Å². The maximum absolute atomic E-state index is 2.39. The lowest BCUT2D eigenvalue weighted by molar-refractivity contribution is 0.771. The molecule has 0 aromatic rings. The molecule has 0 heterocycles. The molecule has 0 amide bonds. The topological polar surface area (TPSA) is 0 Å². The van der Waals surface area contributed by atoms with Gasteiger partial charge in [-0.25, -0.2) is 0 Å². The Balaban J connectivity index is 4.47. The van der Waals surface area contributed by atoms with E-state index in [0.717, 1.165) is 5.66 Å². The number of hydrogen-bond acceptors (Lipinski definition) is 0. The van der Waals surface area contributed by atoms with Crippen LogP contribution in [0, 0.1) is 0 Å². The molecule has 0 radical (unpaired) electrons. The van der Waals surface area contributed by atoms with E-state index in [2.05, 4.69) is 55.4 Å². The summed E-state index contributed by atoms with van der Waals surface area (Å²) in [5, 5.41) is 0.960. The largest absolute Gasteiger partial charge is 0.501 e. The second kappa shape index (κ2) is 4.59. The lowest BCUT2D eigenvalue weighted by Gasteiger charge is -2.53. The van der Waals surface area contributed by atoms with E-state index >= 15 is 0 Å². The van der Waals surface area contributed by atoms with Crippen molar-refractivity contribution in [1.82, 2.24) is 0 Å². The van der Waals surface area contributed by atoms with Crippen LogP contribution in [0.15, 0.2) is 0 Å². The summed E-state index contributed by atoms with van der Waals surface area (Å²) < 4.78 is 0. The van der Waals surface area contributed by atoms with Gasteiger partial charge in [-0.05, 0) is 5.16 Å². The molecule has 2 heteroatoms. The van der Waals surface area contributed by atoms with Crippen LogP contribution in [0.4, 0.5) is 0 Å². The van der Waals surface area contributed by atoms with E-state index in [4.69, 9.17) is 0 Å². The van der Waals surface area contributed by atoms with Gasteiger partial charge in [0.25, 0.3) is 0 Å². The molecule has 0 aliphatic rings. The van der Waals surface area contributed by atoms with E-state index in [1.165, 1.54) is 0 Å². The van der Waals surface area contributed by atoms with Crippen molar-refractivity contribution in [2.24, 2.45) is 0 Å². The van der Waals surface area contributed by atoms with E-state index in [0.29, 0.717) is 10.3 Å². The van der Waals surface area contributed by atoms with Gasteiger partial charge in [0.05, 0.1) is 0 Å². The summed E-state index contributed by atoms with van der Waals surface area (Å²) in [5.74, 6) is 0. The molecule has 0 fully saturated rings. The first-order valence-corrected chi connectivity index (χ1v) is 8.07. The molecule has 0 bridgehead atoms. The molecule has 0 saturated heterocycles. The van der Waals surface area contributed by atoms with Crippen LogP contribution in [-0.4, -0.2) is 16.0 Å². The Morgan fingerprint density at radius 3 is 1.38 bits per heavy atom. The highest BCUT2D eigenvalue weighted by Crippen LogP contribution is 2.71. The molecule has 13 heavy (non-hydrogen) atoms. The van der Waals surface area contributed by atoms with Gasteiger partial charge in [0.1, 0.15) is 0 Å². The fourth-order valence-corrected chi connectivity index (χ4v) is 7.62. The van der Waals surface area contributed by atoms with Crippen LogP contribution in [0.2, 0.25) is 0 Å². The minimum atomic E-state index is 0.123. The van der Waals surface area contributed by atoms with Crippen molar-refractivity contribution in [3.05, 3.63) is 0 Å². The van der Waals surface area contributed by atoms with Crippen LogP contribution < -0.4 is 0 Å². The molecular formula is C11H25P2-. The zero-order valence-corrected chi connectivity index (χ0v) is 12.3. The second-order valence-corrected chi connectivity index (χ2v) is 12.4. The highest BCUT2D eigenvalue weighted by Gasteiger charge is 2.19. The summed E-state index contributed by atoms with van der Waals surface area (Å²) >= 11 is 0. The fourth-order valence-electron chi connectivity index (χ4n) is 1.36. The van der Waals surface area contributed by atoms with Crippen molar-refractivity contribution in [2.75, 3.05) is 0 Å². The Morgan fingerprint density at radius 1 is 0.923 bits per heavy atom. The Kier molecular flexibility index (Phi) is 4.89. The Morgan fingerprint density at radius 2 is 1.31 bits per heavy atom. The monoisotopic (exact) mass is 219 g/mol. The van der Waals surface area contributed by atoms with Crippen molar-refractivity contribution in [3.8, 4) is 0 Å². The molecule has 0 saturated carbocycles. The average molecular weight is 219 g/mol. The quantitative estimate of drug-likeness (QED) is 0.550. The SMILES string of the molecule is CC(C)P([P-]C(C)(C)C)C(C)(C)C. The summed E-state index contributed by atoms with van der Waals surface area (Å²) in [7, 11) is 1.78. The normalized spacial score (nSPS) is 17.3. The zero-order chi connectivity index (χ0) is 10.9. The molecule has 0 aromatic heterocycles. The summed E-state index contributed by atoms with van der Waals surface area (Å²) in [6, 6.07) is 0. The zero-order valence-electron chi connectivity index (χ0n) is 10.5. The van der Waals surface area contributed by atoms with E-state index < -0.39 is 0 Å². The molecule has 0 N–H and O–H groups in total. The first-order valence-electron chi connectivity index (χ1n) is 5.06. The maximum Gasteiger partial charge on any atom is -0.0447 e. The van der Waals surface area contributed by atoms with Gasteiger partial charge < -0.3 is 8.27 Å². The number of hydrogen-bond donors (Lipinski definition) is 0. The van der Waals surface area contributed by atoms with Crippen molar-refractivity contribution in [2.45, 2.75) is 71.4 Å². The van der Waals surface area contributed by atoms with Crippen molar-refractivity contribution < 1.29 is 0 Å². The minimum absolute atomic E-state index is 0.123. The van der Waals surface area contributed by atoms with E-state index in [1.54, 1.807) is 8.27 Å². The highest BCUT2D eigenvalue weighted by molar-refractivity contribution is 8.22. The minimum Gasteiger partial charge on any atom is -0.501 e. The first kappa shape index (κ1) is 13.9. The van der Waals surface area contributed by atoms with Crippen molar-refractivity contribution in [3.63, 3.8) is 0 Å². The van der Waals surface area contributed by atoms with Gasteiger partial charge in [0.2, 0.25) is 0 Å². The van der Waals surface area contributed by atoms with Gasteiger partial charge in [0, 0.05) is 0 Å². The smallest absolute Gasteiger partial charge is 0.0447 e. The first-order chi connectivity index (χ1) is 5.54. The summed E-state index contributed by atoms with van der Waals surface area (Å²) in [6.07, 6.45) is 0. The van der Waals surface area contributed by atoms with Gasteiger partial charge in [-0.3, -0.25) is 7.61 Å². The van der Waals surface area contributed by atoms with Crippen LogP contribution >= 0.6 is 15.9 Å². The molecular weight excluding hydrogens is 194 g/mol. The molecule has 1 unspecified atom stereocenters. The van der Waals surface area contributed by atoms with Crippen LogP contribution in [0.3, 0.4) is 0 Å². The van der Waals surface area contributed by atoms with E-state index in [-0.39, 0.29) is 7.61 Å². The Bertz CT molecular complexity index is 148. The average Bonchev–Trinajstić information content (AvgIpc) is 1.77. The second-order valence-electron chi connectivity index (χ2n) is 5.88. The van der Waals surface area contributed by atoms with Crippen molar-refractivity contribution >= 4 is 15.9 Å². The van der Waals surface area contributed by atoms with Crippen LogP contribution in [0.1, 0.15) is 55.4 Å². The molecule has 0 spiro atoms. The van der Waals surface area contributed by atoms with Gasteiger partial charge in [-0.1, -0.05) is 61.0 Å². The third-order valence-electron chi connectivity index (χ3n) is 1.58. The third-order valence-corrected chi connectivity index (χ3v) is 10.4. The molecule has 0 nitrogen and oxygen atoms in total.